The maximum atomic E-state index is 13.1. The number of anilines is 1. The molecule has 0 N–H and O–H groups in total. The Morgan fingerprint density at radius 1 is 0.885 bits per heavy atom. The predicted octanol–water partition coefficient (Wildman–Crippen LogP) is 2.50. The molecule has 0 bridgehead atoms. The smallest absolute Gasteiger partial charge is 0.254 e. The Kier molecular flexibility index (Phi) is 4.21. The fourth-order valence-electron chi connectivity index (χ4n) is 3.56. The number of pyridine rings is 1. The van der Waals surface area contributed by atoms with Gasteiger partial charge in [0.05, 0.1) is 11.1 Å². The van der Waals surface area contributed by atoms with E-state index in [1.807, 2.05) is 47.4 Å². The number of nitrogens with zero attached hydrogens (tertiary/aromatic N) is 3. The minimum absolute atomic E-state index is 0.0633. The van der Waals surface area contributed by atoms with E-state index in [0.717, 1.165) is 24.0 Å². The van der Waals surface area contributed by atoms with Crippen LogP contribution in [0.25, 0.3) is 10.9 Å². The van der Waals surface area contributed by atoms with Crippen molar-refractivity contribution in [1.29, 1.82) is 0 Å². The Morgan fingerprint density at radius 2 is 1.54 bits per heavy atom. The van der Waals surface area contributed by atoms with E-state index >= 15 is 0 Å². The first-order valence-electron chi connectivity index (χ1n) is 8.83. The quantitative estimate of drug-likeness (QED) is 0.715. The lowest BCUT2D eigenvalue weighted by molar-refractivity contribution is 0.0748. The van der Waals surface area contributed by atoms with Crippen LogP contribution in [-0.4, -0.2) is 41.6 Å². The summed E-state index contributed by atoms with van der Waals surface area (Å²) in [6, 6.07) is 19.3. The molecule has 0 unspecified atom stereocenters. The molecule has 5 heteroatoms. The Bertz CT molecular complexity index is 1000. The van der Waals surface area contributed by atoms with Crippen LogP contribution in [0, 0.1) is 0 Å². The summed E-state index contributed by atoms with van der Waals surface area (Å²) in [7, 11) is 1.73. The van der Waals surface area contributed by atoms with Gasteiger partial charge in [0.2, 0.25) is 0 Å². The summed E-state index contributed by atoms with van der Waals surface area (Å²) in [6.07, 6.45) is 0. The van der Waals surface area contributed by atoms with Gasteiger partial charge in [-0.05, 0) is 18.2 Å². The minimum atomic E-state index is -0.157. The van der Waals surface area contributed by atoms with Gasteiger partial charge in [-0.25, -0.2) is 0 Å². The number of rotatable bonds is 2. The molecule has 1 aliphatic rings. The maximum absolute atomic E-state index is 13.1. The highest BCUT2D eigenvalue weighted by atomic mass is 16.2. The van der Waals surface area contributed by atoms with Gasteiger partial charge in [0, 0.05) is 50.4 Å². The summed E-state index contributed by atoms with van der Waals surface area (Å²) in [5.41, 5.74) is 2.30. The molecule has 26 heavy (non-hydrogen) atoms. The van der Waals surface area contributed by atoms with Gasteiger partial charge in [-0.15, -0.1) is 0 Å². The van der Waals surface area contributed by atoms with Gasteiger partial charge >= 0.3 is 0 Å². The molecular weight excluding hydrogens is 326 g/mol. The largest absolute Gasteiger partial charge is 0.368 e. The number of fused-ring (bicyclic) bond motifs is 1. The zero-order valence-electron chi connectivity index (χ0n) is 14.8. The summed E-state index contributed by atoms with van der Waals surface area (Å²) >= 11 is 0. The molecule has 4 rings (SSSR count). The Labute approximate surface area is 152 Å². The van der Waals surface area contributed by atoms with E-state index in [9.17, 15) is 9.59 Å². The third-order valence-corrected chi connectivity index (χ3v) is 5.07. The van der Waals surface area contributed by atoms with Gasteiger partial charge in [0.1, 0.15) is 0 Å². The second-order valence-electron chi connectivity index (χ2n) is 6.59. The number of hydrogen-bond acceptors (Lipinski definition) is 3. The molecule has 1 aliphatic heterocycles. The zero-order valence-corrected chi connectivity index (χ0v) is 14.8. The lowest BCUT2D eigenvalue weighted by Crippen LogP contribution is -2.49. The van der Waals surface area contributed by atoms with Crippen LogP contribution in [0.5, 0.6) is 0 Å². The molecule has 5 nitrogen and oxygen atoms in total. The van der Waals surface area contributed by atoms with Crippen LogP contribution in [0.15, 0.2) is 65.5 Å². The number of hydrogen-bond donors (Lipinski definition) is 0. The Balaban J connectivity index is 1.59. The number of aromatic nitrogens is 1. The monoisotopic (exact) mass is 347 g/mol. The van der Waals surface area contributed by atoms with E-state index < -0.39 is 0 Å². The first kappa shape index (κ1) is 16.4. The number of carbonyl (C=O) groups excluding carboxylic acids is 1. The molecular formula is C21H21N3O2. The number of aryl methyl sites for hydroxylation is 1. The van der Waals surface area contributed by atoms with E-state index in [4.69, 9.17) is 0 Å². The number of piperazine rings is 1. The van der Waals surface area contributed by atoms with Crippen molar-refractivity contribution in [2.45, 2.75) is 0 Å². The van der Waals surface area contributed by atoms with Crippen LogP contribution in [0.4, 0.5) is 5.69 Å². The molecule has 0 aliphatic carbocycles. The van der Waals surface area contributed by atoms with Crippen molar-refractivity contribution < 1.29 is 4.79 Å². The average molecular weight is 347 g/mol. The van der Waals surface area contributed by atoms with E-state index in [1.165, 1.54) is 11.8 Å². The van der Waals surface area contributed by atoms with Gasteiger partial charge in [-0.3, -0.25) is 9.59 Å². The summed E-state index contributed by atoms with van der Waals surface area (Å²) in [6.45, 7) is 2.88. The number of benzene rings is 2. The molecule has 0 atom stereocenters. The van der Waals surface area contributed by atoms with Crippen LogP contribution in [0.3, 0.4) is 0 Å². The molecule has 0 radical (unpaired) electrons. The van der Waals surface area contributed by atoms with Gasteiger partial charge < -0.3 is 14.4 Å². The van der Waals surface area contributed by atoms with Crippen molar-refractivity contribution in [3.05, 3.63) is 76.6 Å². The maximum Gasteiger partial charge on any atom is 0.254 e. The van der Waals surface area contributed by atoms with E-state index in [1.54, 1.807) is 11.6 Å². The molecule has 0 saturated carbocycles. The van der Waals surface area contributed by atoms with Crippen molar-refractivity contribution in [2.24, 2.45) is 7.05 Å². The molecule has 1 aromatic heterocycles. The summed E-state index contributed by atoms with van der Waals surface area (Å²) in [5.74, 6) is -0.0633. The van der Waals surface area contributed by atoms with E-state index in [2.05, 4.69) is 17.0 Å². The number of carbonyl (C=O) groups is 1. The normalized spacial score (nSPS) is 14.7. The summed E-state index contributed by atoms with van der Waals surface area (Å²) in [4.78, 5) is 29.5. The van der Waals surface area contributed by atoms with Crippen LogP contribution >= 0.6 is 0 Å². The number of para-hydroxylation sites is 2. The van der Waals surface area contributed by atoms with Crippen molar-refractivity contribution in [2.75, 3.05) is 31.1 Å². The predicted molar refractivity (Wildman–Crippen MR) is 104 cm³/mol. The second-order valence-corrected chi connectivity index (χ2v) is 6.59. The standard InChI is InChI=1S/C21H21N3O2/c1-22-19-10-6-5-9-17(19)18(15-20(22)25)21(26)24-13-11-23(12-14-24)16-7-3-2-4-8-16/h2-10,15H,11-14H2,1H3. The highest BCUT2D eigenvalue weighted by Gasteiger charge is 2.24. The van der Waals surface area contributed by atoms with E-state index in [-0.39, 0.29) is 11.5 Å². The number of amides is 1. The summed E-state index contributed by atoms with van der Waals surface area (Å²) in [5, 5.41) is 0.824. The first-order chi connectivity index (χ1) is 12.6. The Hall–Kier alpha value is -3.08. The van der Waals surface area contributed by atoms with Crippen LogP contribution < -0.4 is 10.5 Å². The fourth-order valence-corrected chi connectivity index (χ4v) is 3.56. The minimum Gasteiger partial charge on any atom is -0.368 e. The van der Waals surface area contributed by atoms with Crippen molar-refractivity contribution in [1.82, 2.24) is 9.47 Å². The van der Waals surface area contributed by atoms with Gasteiger partial charge in [-0.2, -0.15) is 0 Å². The van der Waals surface area contributed by atoms with Gasteiger partial charge in [0.15, 0.2) is 0 Å². The van der Waals surface area contributed by atoms with Gasteiger partial charge in [-0.1, -0.05) is 36.4 Å². The third kappa shape index (κ3) is 2.86. The SMILES string of the molecule is Cn1c(=O)cc(C(=O)N2CCN(c3ccccc3)CC2)c2ccccc21. The van der Waals surface area contributed by atoms with Crippen molar-refractivity contribution in [3.63, 3.8) is 0 Å². The lowest BCUT2D eigenvalue weighted by Gasteiger charge is -2.36. The first-order valence-corrected chi connectivity index (χ1v) is 8.83. The molecule has 1 fully saturated rings. The molecule has 132 valence electrons. The van der Waals surface area contributed by atoms with Crippen molar-refractivity contribution >= 4 is 22.5 Å². The molecule has 2 aromatic carbocycles. The van der Waals surface area contributed by atoms with E-state index in [0.29, 0.717) is 18.7 Å². The van der Waals surface area contributed by atoms with Crippen molar-refractivity contribution in [3.8, 4) is 0 Å². The topological polar surface area (TPSA) is 45.6 Å². The fraction of sp³-hybridized carbons (Fsp3) is 0.238. The zero-order chi connectivity index (χ0) is 18.1. The van der Waals surface area contributed by atoms with Crippen LogP contribution in [0.2, 0.25) is 0 Å². The lowest BCUT2D eigenvalue weighted by atomic mass is 10.1. The Morgan fingerprint density at radius 3 is 2.27 bits per heavy atom. The second kappa shape index (κ2) is 6.67. The van der Waals surface area contributed by atoms with Gasteiger partial charge in [0.25, 0.3) is 11.5 Å². The molecule has 1 amide bonds. The molecule has 2 heterocycles. The third-order valence-electron chi connectivity index (χ3n) is 5.07. The highest BCUT2D eigenvalue weighted by Crippen LogP contribution is 2.20. The molecule has 1 saturated heterocycles. The molecule has 0 spiro atoms. The van der Waals surface area contributed by atoms with Crippen LogP contribution in [0.1, 0.15) is 10.4 Å². The average Bonchev–Trinajstić information content (AvgIpc) is 2.71. The van der Waals surface area contributed by atoms with Crippen LogP contribution in [-0.2, 0) is 7.05 Å². The molecule has 3 aromatic rings. The highest BCUT2D eigenvalue weighted by molar-refractivity contribution is 6.06. The summed E-state index contributed by atoms with van der Waals surface area (Å²) < 4.78 is 1.58.